The minimum absolute atomic E-state index is 0.0144. The van der Waals surface area contributed by atoms with Gasteiger partial charge in [0, 0.05) is 17.7 Å². The number of fused-ring (bicyclic) bond motifs is 1. The molecule has 1 aliphatic heterocycles. The number of aromatic nitrogens is 2. The van der Waals surface area contributed by atoms with Crippen molar-refractivity contribution < 1.29 is 14.5 Å². The van der Waals surface area contributed by atoms with E-state index in [1.165, 1.54) is 12.1 Å². The predicted octanol–water partition coefficient (Wildman–Crippen LogP) is 3.46. The van der Waals surface area contributed by atoms with E-state index >= 15 is 0 Å². The van der Waals surface area contributed by atoms with Gasteiger partial charge < -0.3 is 4.98 Å². The van der Waals surface area contributed by atoms with Crippen molar-refractivity contribution in [2.24, 2.45) is 0 Å². The van der Waals surface area contributed by atoms with E-state index < -0.39 is 10.8 Å². The van der Waals surface area contributed by atoms with Crippen LogP contribution in [0.25, 0.3) is 28.5 Å². The largest absolute Gasteiger partial charge is 0.338 e. The molecule has 1 saturated heterocycles. The fourth-order valence-electron chi connectivity index (χ4n) is 2.55. The summed E-state index contributed by atoms with van der Waals surface area (Å²) in [5, 5.41) is 12.7. The van der Waals surface area contributed by atoms with Gasteiger partial charge in [-0.1, -0.05) is 24.3 Å². The minimum atomic E-state index is -0.460. The lowest BCUT2D eigenvalue weighted by molar-refractivity contribution is -0.384. The average Bonchev–Trinajstić information content (AvgIpc) is 3.17. The van der Waals surface area contributed by atoms with Crippen LogP contribution in [0.5, 0.6) is 0 Å². The zero-order chi connectivity index (χ0) is 18.3. The lowest BCUT2D eigenvalue weighted by Crippen LogP contribution is -2.17. The Bertz CT molecular complexity index is 1100. The number of nitro groups is 1. The van der Waals surface area contributed by atoms with E-state index in [9.17, 15) is 19.7 Å². The molecule has 2 amide bonds. The number of imide groups is 1. The van der Waals surface area contributed by atoms with E-state index in [0.717, 1.165) is 22.9 Å². The molecule has 0 unspecified atom stereocenters. The number of nitrogens with one attached hydrogen (secondary N) is 2. The Morgan fingerprint density at radius 1 is 1.12 bits per heavy atom. The van der Waals surface area contributed by atoms with E-state index in [2.05, 4.69) is 15.3 Å². The summed E-state index contributed by atoms with van der Waals surface area (Å²) in [5.74, 6) is 0.186. The molecule has 3 aromatic rings. The van der Waals surface area contributed by atoms with Crippen LogP contribution in [0.15, 0.2) is 47.4 Å². The molecule has 0 saturated carbocycles. The van der Waals surface area contributed by atoms with Crippen LogP contribution >= 0.6 is 11.8 Å². The summed E-state index contributed by atoms with van der Waals surface area (Å²) < 4.78 is 0. The van der Waals surface area contributed by atoms with Crippen LogP contribution in [-0.4, -0.2) is 26.0 Å². The lowest BCUT2D eigenvalue weighted by Gasteiger charge is -1.99. The molecule has 128 valence electrons. The van der Waals surface area contributed by atoms with Crippen molar-refractivity contribution in [3.05, 3.63) is 63.0 Å². The molecule has 8 nitrogen and oxygen atoms in total. The predicted molar refractivity (Wildman–Crippen MR) is 97.3 cm³/mol. The van der Waals surface area contributed by atoms with Gasteiger partial charge in [-0.3, -0.25) is 25.0 Å². The Kier molecular flexibility index (Phi) is 3.77. The van der Waals surface area contributed by atoms with Gasteiger partial charge in [-0.15, -0.1) is 0 Å². The molecule has 0 spiro atoms. The number of nitrogens with zero attached hydrogens (tertiary/aromatic N) is 2. The number of aromatic amines is 1. The third-order valence-electron chi connectivity index (χ3n) is 3.80. The van der Waals surface area contributed by atoms with E-state index in [1.54, 1.807) is 24.3 Å². The van der Waals surface area contributed by atoms with Crippen LogP contribution in [0.1, 0.15) is 5.56 Å². The van der Waals surface area contributed by atoms with Crippen molar-refractivity contribution in [3.63, 3.8) is 0 Å². The minimum Gasteiger partial charge on any atom is -0.338 e. The first-order valence-corrected chi connectivity index (χ1v) is 8.31. The maximum absolute atomic E-state index is 11.6. The van der Waals surface area contributed by atoms with Crippen LogP contribution in [-0.2, 0) is 4.79 Å². The first-order valence-electron chi connectivity index (χ1n) is 7.49. The molecule has 2 aromatic carbocycles. The number of hydrogen-bond donors (Lipinski definition) is 2. The first kappa shape index (κ1) is 16.0. The molecular formula is C17H10N4O4S. The molecule has 26 heavy (non-hydrogen) atoms. The van der Waals surface area contributed by atoms with Gasteiger partial charge in [0.05, 0.1) is 20.9 Å². The Morgan fingerprint density at radius 2 is 1.88 bits per heavy atom. The summed E-state index contributed by atoms with van der Waals surface area (Å²) in [6.45, 7) is 0. The van der Waals surface area contributed by atoms with Gasteiger partial charge in [0.25, 0.3) is 16.8 Å². The van der Waals surface area contributed by atoms with E-state index in [0.29, 0.717) is 21.8 Å². The third kappa shape index (κ3) is 2.95. The van der Waals surface area contributed by atoms with Crippen LogP contribution in [0.3, 0.4) is 0 Å². The summed E-state index contributed by atoms with van der Waals surface area (Å²) in [5.41, 5.74) is 2.77. The van der Waals surface area contributed by atoms with Gasteiger partial charge in [0.15, 0.2) is 0 Å². The average molecular weight is 366 g/mol. The number of imidazole rings is 1. The second kappa shape index (κ2) is 6.12. The summed E-state index contributed by atoms with van der Waals surface area (Å²) >= 11 is 0.864. The van der Waals surface area contributed by atoms with Gasteiger partial charge >= 0.3 is 0 Å². The van der Waals surface area contributed by atoms with E-state index in [-0.39, 0.29) is 10.9 Å². The molecule has 2 N–H and O–H groups in total. The molecule has 4 rings (SSSR count). The van der Waals surface area contributed by atoms with Crippen molar-refractivity contribution in [1.29, 1.82) is 0 Å². The van der Waals surface area contributed by atoms with Gasteiger partial charge in [0.2, 0.25) is 0 Å². The fourth-order valence-corrected chi connectivity index (χ4v) is 3.24. The smallest absolute Gasteiger partial charge is 0.290 e. The molecular weight excluding hydrogens is 356 g/mol. The fraction of sp³-hybridized carbons (Fsp3) is 0. The summed E-state index contributed by atoms with van der Waals surface area (Å²) in [7, 11) is 0. The zero-order valence-electron chi connectivity index (χ0n) is 13.1. The van der Waals surface area contributed by atoms with Gasteiger partial charge in [0.1, 0.15) is 5.82 Å². The zero-order valence-corrected chi connectivity index (χ0v) is 13.9. The van der Waals surface area contributed by atoms with Crippen LogP contribution in [0.4, 0.5) is 10.5 Å². The van der Waals surface area contributed by atoms with Gasteiger partial charge in [-0.05, 0) is 29.5 Å². The number of carbonyl (C=O) groups excluding carboxylic acids is 2. The molecule has 0 aliphatic carbocycles. The second-order valence-electron chi connectivity index (χ2n) is 5.52. The molecule has 9 heteroatoms. The first-order chi connectivity index (χ1) is 12.5. The number of benzene rings is 2. The molecule has 2 heterocycles. The van der Waals surface area contributed by atoms with Crippen molar-refractivity contribution in [2.45, 2.75) is 0 Å². The Hall–Kier alpha value is -3.46. The molecule has 0 radical (unpaired) electrons. The van der Waals surface area contributed by atoms with Crippen LogP contribution in [0.2, 0.25) is 0 Å². The van der Waals surface area contributed by atoms with Crippen molar-refractivity contribution >= 4 is 45.7 Å². The number of hydrogen-bond acceptors (Lipinski definition) is 6. The highest BCUT2D eigenvalue weighted by molar-refractivity contribution is 8.18. The molecule has 0 atom stereocenters. The highest BCUT2D eigenvalue weighted by Crippen LogP contribution is 2.27. The second-order valence-corrected chi connectivity index (χ2v) is 6.53. The SMILES string of the molecule is O=C1NC(=O)/C(=C\c2ccc(-c3nc4cc([N+](=O)[O-])ccc4[nH]3)cc2)S1. The Morgan fingerprint density at radius 3 is 2.54 bits per heavy atom. The standard InChI is InChI=1S/C17H10N4O4S/c22-16-14(26-17(23)20-16)7-9-1-3-10(4-2-9)15-18-12-6-5-11(21(24)25)8-13(12)19-15/h1-8H,(H,18,19)(H,20,22,23)/b14-7+. The molecule has 0 bridgehead atoms. The summed E-state index contributed by atoms with van der Waals surface area (Å²) in [6, 6.07) is 11.7. The number of amides is 2. The van der Waals surface area contributed by atoms with Crippen molar-refractivity contribution in [1.82, 2.24) is 15.3 Å². The van der Waals surface area contributed by atoms with Crippen molar-refractivity contribution in [3.8, 4) is 11.4 Å². The number of rotatable bonds is 3. The number of nitro benzene ring substituents is 1. The maximum atomic E-state index is 11.6. The van der Waals surface area contributed by atoms with E-state index in [1.807, 2.05) is 12.1 Å². The van der Waals surface area contributed by atoms with Gasteiger partial charge in [-0.25, -0.2) is 4.98 Å². The summed E-state index contributed by atoms with van der Waals surface area (Å²) in [4.78, 5) is 41.0. The highest BCUT2D eigenvalue weighted by Gasteiger charge is 2.24. The maximum Gasteiger partial charge on any atom is 0.290 e. The van der Waals surface area contributed by atoms with Gasteiger partial charge in [-0.2, -0.15) is 0 Å². The number of H-pyrrole nitrogens is 1. The third-order valence-corrected chi connectivity index (χ3v) is 4.61. The molecule has 1 aromatic heterocycles. The monoisotopic (exact) mass is 366 g/mol. The Labute approximate surface area is 150 Å². The highest BCUT2D eigenvalue weighted by atomic mass is 32.2. The quantitative estimate of drug-likeness (QED) is 0.416. The molecule has 1 fully saturated rings. The number of thioether (sulfide) groups is 1. The topological polar surface area (TPSA) is 118 Å². The van der Waals surface area contributed by atoms with Crippen molar-refractivity contribution in [2.75, 3.05) is 0 Å². The Balaban J connectivity index is 1.63. The number of non-ortho nitro benzene ring substituents is 1. The lowest BCUT2D eigenvalue weighted by atomic mass is 10.1. The van der Waals surface area contributed by atoms with E-state index in [4.69, 9.17) is 0 Å². The van der Waals surface area contributed by atoms with Crippen LogP contribution in [0, 0.1) is 10.1 Å². The molecule has 1 aliphatic rings. The summed E-state index contributed by atoms with van der Waals surface area (Å²) in [6.07, 6.45) is 1.64. The van der Waals surface area contributed by atoms with Crippen LogP contribution < -0.4 is 5.32 Å². The number of carbonyl (C=O) groups is 2. The normalized spacial score (nSPS) is 15.6.